The van der Waals surface area contributed by atoms with Crippen LogP contribution in [0, 0.1) is 11.3 Å². The van der Waals surface area contributed by atoms with Gasteiger partial charge in [0.25, 0.3) is 0 Å². The first-order chi connectivity index (χ1) is 7.70. The van der Waals surface area contributed by atoms with E-state index in [0.29, 0.717) is 5.78 Å². The summed E-state index contributed by atoms with van der Waals surface area (Å²) in [7, 11) is 0. The molecule has 1 rings (SSSR count). The summed E-state index contributed by atoms with van der Waals surface area (Å²) in [4.78, 5) is 12.4. The van der Waals surface area contributed by atoms with Crippen LogP contribution in [0.1, 0.15) is 19.3 Å². The molecule has 1 aliphatic heterocycles. The molecule has 0 aromatic heterocycles. The van der Waals surface area contributed by atoms with Crippen molar-refractivity contribution in [2.45, 2.75) is 19.3 Å². The van der Waals surface area contributed by atoms with Crippen LogP contribution < -0.4 is 5.32 Å². The van der Waals surface area contributed by atoms with Crippen molar-refractivity contribution in [2.24, 2.45) is 11.3 Å². The van der Waals surface area contributed by atoms with Gasteiger partial charge in [0.2, 0.25) is 0 Å². The van der Waals surface area contributed by atoms with Crippen LogP contribution in [0.3, 0.4) is 0 Å². The Morgan fingerprint density at radius 3 is 2.38 bits per heavy atom. The van der Waals surface area contributed by atoms with Crippen molar-refractivity contribution in [3.63, 3.8) is 0 Å². The first-order valence-electron chi connectivity index (χ1n) is 5.78. The number of allylic oxidation sites excluding steroid dienone is 3. The van der Waals surface area contributed by atoms with Gasteiger partial charge in [0.05, 0.1) is 0 Å². The van der Waals surface area contributed by atoms with E-state index in [0.717, 1.165) is 32.4 Å². The fourth-order valence-corrected chi connectivity index (χ4v) is 2.47. The molecule has 0 radical (unpaired) electrons. The van der Waals surface area contributed by atoms with Gasteiger partial charge < -0.3 is 5.32 Å². The number of rotatable bonds is 6. The van der Waals surface area contributed by atoms with Crippen LogP contribution in [0.2, 0.25) is 0 Å². The third kappa shape index (κ3) is 2.50. The van der Waals surface area contributed by atoms with Crippen molar-refractivity contribution in [2.75, 3.05) is 13.1 Å². The lowest BCUT2D eigenvalue weighted by Crippen LogP contribution is -2.51. The molecule has 0 aromatic carbocycles. The van der Waals surface area contributed by atoms with Crippen LogP contribution in [0.25, 0.3) is 0 Å². The SMILES string of the molecule is C=CCC1CNCC(CC=C)(CC=C)C1=O. The molecule has 1 heterocycles. The number of hydrogen-bond donors (Lipinski definition) is 1. The first kappa shape index (κ1) is 12.9. The van der Waals surface area contributed by atoms with Gasteiger partial charge in [0, 0.05) is 24.4 Å². The molecule has 0 aromatic rings. The molecule has 0 bridgehead atoms. The van der Waals surface area contributed by atoms with Crippen molar-refractivity contribution in [1.82, 2.24) is 5.32 Å². The maximum absolute atomic E-state index is 12.4. The van der Waals surface area contributed by atoms with E-state index in [-0.39, 0.29) is 11.3 Å². The van der Waals surface area contributed by atoms with Crippen LogP contribution in [0.5, 0.6) is 0 Å². The fourth-order valence-electron chi connectivity index (χ4n) is 2.47. The van der Waals surface area contributed by atoms with Crippen molar-refractivity contribution >= 4 is 5.78 Å². The molecule has 88 valence electrons. The Balaban J connectivity index is 2.88. The van der Waals surface area contributed by atoms with E-state index < -0.39 is 0 Å². The quantitative estimate of drug-likeness (QED) is 0.695. The van der Waals surface area contributed by atoms with Gasteiger partial charge in [-0.05, 0) is 19.3 Å². The molecule has 0 amide bonds. The fraction of sp³-hybridized carbons (Fsp3) is 0.500. The molecule has 16 heavy (non-hydrogen) atoms. The smallest absolute Gasteiger partial charge is 0.145 e. The minimum absolute atomic E-state index is 0.0612. The van der Waals surface area contributed by atoms with Crippen LogP contribution in [-0.4, -0.2) is 18.9 Å². The Labute approximate surface area is 98.1 Å². The predicted octanol–water partition coefficient (Wildman–Crippen LogP) is 2.49. The maximum Gasteiger partial charge on any atom is 0.145 e. The van der Waals surface area contributed by atoms with E-state index >= 15 is 0 Å². The van der Waals surface area contributed by atoms with Gasteiger partial charge in [-0.2, -0.15) is 0 Å². The van der Waals surface area contributed by atoms with E-state index in [1.807, 2.05) is 18.2 Å². The molecule has 1 unspecified atom stereocenters. The van der Waals surface area contributed by atoms with Crippen LogP contribution >= 0.6 is 0 Å². The summed E-state index contributed by atoms with van der Waals surface area (Å²) in [5.74, 6) is 0.400. The lowest BCUT2D eigenvalue weighted by Gasteiger charge is -2.38. The Morgan fingerprint density at radius 1 is 1.25 bits per heavy atom. The maximum atomic E-state index is 12.4. The normalized spacial score (nSPS) is 23.8. The van der Waals surface area contributed by atoms with Gasteiger partial charge in [-0.25, -0.2) is 0 Å². The highest BCUT2D eigenvalue weighted by Crippen LogP contribution is 2.34. The number of ketones is 1. The van der Waals surface area contributed by atoms with Gasteiger partial charge in [-0.1, -0.05) is 18.2 Å². The van der Waals surface area contributed by atoms with E-state index in [1.54, 1.807) is 0 Å². The van der Waals surface area contributed by atoms with Crippen molar-refractivity contribution in [3.05, 3.63) is 38.0 Å². The number of Topliss-reactive ketones (excluding diaryl/α,β-unsaturated/α-hetero) is 1. The molecule has 1 aliphatic rings. The summed E-state index contributed by atoms with van der Waals surface area (Å²) in [6.45, 7) is 12.7. The average molecular weight is 219 g/mol. The van der Waals surface area contributed by atoms with Crippen LogP contribution in [-0.2, 0) is 4.79 Å². The van der Waals surface area contributed by atoms with Crippen LogP contribution in [0.4, 0.5) is 0 Å². The molecule has 0 saturated carbocycles. The van der Waals surface area contributed by atoms with Gasteiger partial charge in [0.1, 0.15) is 5.78 Å². The van der Waals surface area contributed by atoms with Crippen LogP contribution in [0.15, 0.2) is 38.0 Å². The Kier molecular flexibility index (Phi) is 4.69. The zero-order valence-corrected chi connectivity index (χ0v) is 9.87. The van der Waals surface area contributed by atoms with E-state index in [1.165, 1.54) is 0 Å². The van der Waals surface area contributed by atoms with Gasteiger partial charge in [-0.15, -0.1) is 19.7 Å². The molecule has 2 nitrogen and oxygen atoms in total. The minimum atomic E-state index is -0.324. The number of piperidine rings is 1. The zero-order valence-electron chi connectivity index (χ0n) is 9.87. The highest BCUT2D eigenvalue weighted by molar-refractivity contribution is 5.88. The van der Waals surface area contributed by atoms with E-state index in [9.17, 15) is 4.79 Å². The highest BCUT2D eigenvalue weighted by Gasteiger charge is 2.42. The number of carbonyl (C=O) groups excluding carboxylic acids is 1. The number of hydrogen-bond acceptors (Lipinski definition) is 2. The molecular weight excluding hydrogens is 198 g/mol. The summed E-state index contributed by atoms with van der Waals surface area (Å²) in [6.07, 6.45) is 7.68. The predicted molar refractivity (Wildman–Crippen MR) is 68.2 cm³/mol. The topological polar surface area (TPSA) is 29.1 Å². The Morgan fingerprint density at radius 2 is 1.88 bits per heavy atom. The Hall–Kier alpha value is -1.15. The van der Waals surface area contributed by atoms with Crippen molar-refractivity contribution in [1.29, 1.82) is 0 Å². The van der Waals surface area contributed by atoms with Gasteiger partial charge in [0.15, 0.2) is 0 Å². The largest absolute Gasteiger partial charge is 0.315 e. The second-order valence-corrected chi connectivity index (χ2v) is 4.48. The monoisotopic (exact) mass is 219 g/mol. The lowest BCUT2D eigenvalue weighted by molar-refractivity contribution is -0.134. The molecule has 1 N–H and O–H groups in total. The second-order valence-electron chi connectivity index (χ2n) is 4.48. The molecular formula is C14H21NO. The third-order valence-corrected chi connectivity index (χ3v) is 3.27. The molecule has 1 fully saturated rings. The lowest BCUT2D eigenvalue weighted by atomic mass is 9.70. The average Bonchev–Trinajstić information content (AvgIpc) is 2.26. The third-order valence-electron chi connectivity index (χ3n) is 3.27. The van der Waals surface area contributed by atoms with E-state index in [2.05, 4.69) is 25.1 Å². The molecule has 0 aliphatic carbocycles. The zero-order chi connectivity index (χ0) is 12.0. The summed E-state index contributed by atoms with van der Waals surface area (Å²) in [5, 5.41) is 3.35. The standard InChI is InChI=1S/C14H21NO/c1-4-7-12-10-15-11-14(8-5-2,9-6-3)13(12)16/h4-6,12,15H,1-3,7-11H2. The summed E-state index contributed by atoms with van der Waals surface area (Å²) >= 11 is 0. The first-order valence-corrected chi connectivity index (χ1v) is 5.78. The molecule has 0 spiro atoms. The van der Waals surface area contributed by atoms with Gasteiger partial charge >= 0.3 is 0 Å². The summed E-state index contributed by atoms with van der Waals surface area (Å²) in [6, 6.07) is 0. The van der Waals surface area contributed by atoms with Crippen molar-refractivity contribution in [3.8, 4) is 0 Å². The second kappa shape index (κ2) is 5.80. The van der Waals surface area contributed by atoms with Gasteiger partial charge in [-0.3, -0.25) is 4.79 Å². The number of nitrogens with one attached hydrogen (secondary N) is 1. The summed E-state index contributed by atoms with van der Waals surface area (Å²) in [5.41, 5.74) is -0.324. The number of carbonyl (C=O) groups is 1. The molecule has 1 saturated heterocycles. The van der Waals surface area contributed by atoms with E-state index in [4.69, 9.17) is 0 Å². The summed E-state index contributed by atoms with van der Waals surface area (Å²) < 4.78 is 0. The Bertz CT molecular complexity index is 283. The minimum Gasteiger partial charge on any atom is -0.315 e. The highest BCUT2D eigenvalue weighted by atomic mass is 16.1. The molecule has 1 atom stereocenters. The van der Waals surface area contributed by atoms with Crippen molar-refractivity contribution < 1.29 is 4.79 Å². The molecule has 2 heteroatoms.